The number of hydrogen-bond acceptors (Lipinski definition) is 3. The topological polar surface area (TPSA) is 59.9 Å². The predicted molar refractivity (Wildman–Crippen MR) is 95.8 cm³/mol. The van der Waals surface area contributed by atoms with Gasteiger partial charge >= 0.3 is 0 Å². The lowest BCUT2D eigenvalue weighted by molar-refractivity contribution is 0.300. The van der Waals surface area contributed by atoms with Crippen molar-refractivity contribution in [3.05, 3.63) is 57.8 Å². The second-order valence-electron chi connectivity index (χ2n) is 6.03. The molecular formula is C19H23N3O2. The van der Waals surface area contributed by atoms with Gasteiger partial charge in [-0.2, -0.15) is 0 Å². The Hall–Kier alpha value is -2.56. The van der Waals surface area contributed by atoms with E-state index in [4.69, 9.17) is 4.74 Å². The molecule has 0 saturated heterocycles. The molecule has 2 aromatic heterocycles. The van der Waals surface area contributed by atoms with Crippen LogP contribution in [0.5, 0.6) is 5.75 Å². The van der Waals surface area contributed by atoms with Crippen LogP contribution in [-0.4, -0.2) is 21.1 Å². The second-order valence-corrected chi connectivity index (χ2v) is 6.03. The van der Waals surface area contributed by atoms with Crippen molar-refractivity contribution < 1.29 is 4.74 Å². The van der Waals surface area contributed by atoms with Crippen LogP contribution in [0.2, 0.25) is 0 Å². The Labute approximate surface area is 141 Å². The highest BCUT2D eigenvalue weighted by Crippen LogP contribution is 2.13. The van der Waals surface area contributed by atoms with E-state index >= 15 is 0 Å². The van der Waals surface area contributed by atoms with Crippen molar-refractivity contribution in [2.75, 3.05) is 6.61 Å². The summed E-state index contributed by atoms with van der Waals surface area (Å²) in [5.41, 5.74) is 2.92. The van der Waals surface area contributed by atoms with E-state index in [0.29, 0.717) is 24.2 Å². The highest BCUT2D eigenvalue weighted by molar-refractivity contribution is 5.75. The summed E-state index contributed by atoms with van der Waals surface area (Å²) in [5, 5.41) is 0.647. The molecule has 126 valence electrons. The number of hydrogen-bond donors (Lipinski definition) is 1. The van der Waals surface area contributed by atoms with Crippen molar-refractivity contribution in [1.29, 1.82) is 0 Å². The molecule has 0 spiro atoms. The van der Waals surface area contributed by atoms with Crippen molar-refractivity contribution >= 4 is 11.0 Å². The molecule has 1 N–H and O–H groups in total. The van der Waals surface area contributed by atoms with E-state index in [1.807, 2.05) is 32.0 Å². The molecule has 5 nitrogen and oxygen atoms in total. The number of ether oxygens (including phenoxy) is 1. The minimum absolute atomic E-state index is 0.00847. The predicted octanol–water partition coefficient (Wildman–Crippen LogP) is 3.37. The number of rotatable bonds is 6. The van der Waals surface area contributed by atoms with Crippen LogP contribution in [0.3, 0.4) is 0 Å². The molecule has 0 saturated carbocycles. The van der Waals surface area contributed by atoms with Crippen LogP contribution in [0.1, 0.15) is 30.4 Å². The van der Waals surface area contributed by atoms with E-state index in [-0.39, 0.29) is 5.56 Å². The molecule has 0 radical (unpaired) electrons. The van der Waals surface area contributed by atoms with E-state index in [0.717, 1.165) is 30.1 Å². The fraction of sp³-hybridized carbons (Fsp3) is 0.368. The summed E-state index contributed by atoms with van der Waals surface area (Å²) < 4.78 is 7.48. The van der Waals surface area contributed by atoms with Gasteiger partial charge < -0.3 is 9.72 Å². The zero-order valence-corrected chi connectivity index (χ0v) is 14.4. The molecule has 3 rings (SSSR count). The summed E-state index contributed by atoms with van der Waals surface area (Å²) in [7, 11) is 0. The number of benzene rings is 1. The average molecular weight is 325 g/mol. The molecule has 1 aromatic carbocycles. The number of nitrogens with zero attached hydrogens (tertiary/aromatic N) is 2. The van der Waals surface area contributed by atoms with E-state index in [2.05, 4.69) is 29.0 Å². The zero-order chi connectivity index (χ0) is 17.1. The van der Waals surface area contributed by atoms with Crippen molar-refractivity contribution in [3.63, 3.8) is 0 Å². The number of aryl methyl sites for hydroxylation is 3. The van der Waals surface area contributed by atoms with Crippen LogP contribution < -0.4 is 10.3 Å². The molecule has 0 bridgehead atoms. The van der Waals surface area contributed by atoms with E-state index in [1.54, 1.807) is 4.57 Å². The molecule has 0 atom stereocenters. The molecule has 5 heteroatoms. The summed E-state index contributed by atoms with van der Waals surface area (Å²) >= 11 is 0. The largest absolute Gasteiger partial charge is 0.494 e. The summed E-state index contributed by atoms with van der Waals surface area (Å²) in [6, 6.07) is 10.00. The number of aromatic amines is 1. The normalized spacial score (nSPS) is 11.1. The molecule has 2 heterocycles. The molecular weight excluding hydrogens is 302 g/mol. The Kier molecular flexibility index (Phi) is 4.69. The first kappa shape index (κ1) is 16.3. The highest BCUT2D eigenvalue weighted by Gasteiger charge is 2.10. The van der Waals surface area contributed by atoms with Crippen LogP contribution >= 0.6 is 0 Å². The lowest BCUT2D eigenvalue weighted by Gasteiger charge is -2.10. The van der Waals surface area contributed by atoms with E-state index in [1.165, 1.54) is 5.56 Å². The van der Waals surface area contributed by atoms with Gasteiger partial charge in [-0.05, 0) is 50.5 Å². The maximum Gasteiger partial charge on any atom is 0.263 e. The lowest BCUT2D eigenvalue weighted by atomic mass is 10.2. The second kappa shape index (κ2) is 6.91. The van der Waals surface area contributed by atoms with E-state index in [9.17, 15) is 4.79 Å². The summed E-state index contributed by atoms with van der Waals surface area (Å²) in [6.07, 6.45) is 1.78. The number of nitrogens with one attached hydrogen (secondary N) is 1. The molecule has 0 aliphatic rings. The van der Waals surface area contributed by atoms with Gasteiger partial charge in [0.2, 0.25) is 0 Å². The van der Waals surface area contributed by atoms with Gasteiger partial charge in [0.1, 0.15) is 17.2 Å². The number of H-pyrrole nitrogens is 1. The third-order valence-electron chi connectivity index (χ3n) is 4.20. The first-order valence-corrected chi connectivity index (χ1v) is 8.37. The SMILES string of the molecule is CCc1ccc(OCCCn2c(C)nc3[nH]c(C)cc3c2=O)cc1. The summed E-state index contributed by atoms with van der Waals surface area (Å²) in [4.78, 5) is 20.2. The highest BCUT2D eigenvalue weighted by atomic mass is 16.5. The monoisotopic (exact) mass is 325 g/mol. The minimum atomic E-state index is 0.00847. The Balaban J connectivity index is 1.64. The molecule has 0 fully saturated rings. The Morgan fingerprint density at radius 3 is 2.67 bits per heavy atom. The molecule has 24 heavy (non-hydrogen) atoms. The van der Waals surface area contributed by atoms with Gasteiger partial charge in [0, 0.05) is 12.2 Å². The maximum absolute atomic E-state index is 12.6. The van der Waals surface area contributed by atoms with Crippen LogP contribution in [0.15, 0.2) is 35.1 Å². The van der Waals surface area contributed by atoms with Gasteiger partial charge in [-0.3, -0.25) is 9.36 Å². The first-order valence-electron chi connectivity index (χ1n) is 8.37. The Bertz CT molecular complexity index is 891. The van der Waals surface area contributed by atoms with Gasteiger partial charge in [0.15, 0.2) is 0 Å². The van der Waals surface area contributed by atoms with Crippen molar-refractivity contribution in [2.45, 2.75) is 40.2 Å². The van der Waals surface area contributed by atoms with Gasteiger partial charge in [-0.1, -0.05) is 19.1 Å². The fourth-order valence-electron chi connectivity index (χ4n) is 2.84. The first-order chi connectivity index (χ1) is 11.6. The van der Waals surface area contributed by atoms with Crippen molar-refractivity contribution in [1.82, 2.24) is 14.5 Å². The molecule has 0 aliphatic heterocycles. The summed E-state index contributed by atoms with van der Waals surface area (Å²) in [5.74, 6) is 1.59. The quantitative estimate of drug-likeness (QED) is 0.707. The van der Waals surface area contributed by atoms with Crippen molar-refractivity contribution in [3.8, 4) is 5.75 Å². The van der Waals surface area contributed by atoms with Gasteiger partial charge in [-0.25, -0.2) is 4.98 Å². The number of fused-ring (bicyclic) bond motifs is 1. The minimum Gasteiger partial charge on any atom is -0.494 e. The van der Waals surface area contributed by atoms with E-state index < -0.39 is 0 Å². The number of aromatic nitrogens is 3. The summed E-state index contributed by atoms with van der Waals surface area (Å²) in [6.45, 7) is 7.10. The third-order valence-corrected chi connectivity index (χ3v) is 4.20. The fourth-order valence-corrected chi connectivity index (χ4v) is 2.84. The van der Waals surface area contributed by atoms with Crippen LogP contribution in [0.4, 0.5) is 0 Å². The standard InChI is InChI=1S/C19H23N3O2/c1-4-15-6-8-16(9-7-15)24-11-5-10-22-14(3)21-18-17(19(22)23)12-13(2)20-18/h6-9,12,20H,4-5,10-11H2,1-3H3. The molecule has 0 aliphatic carbocycles. The molecule has 3 aromatic rings. The van der Waals surface area contributed by atoms with Crippen molar-refractivity contribution in [2.24, 2.45) is 0 Å². The lowest BCUT2D eigenvalue weighted by Crippen LogP contribution is -2.24. The van der Waals surface area contributed by atoms with Gasteiger partial charge in [-0.15, -0.1) is 0 Å². The van der Waals surface area contributed by atoms with Gasteiger partial charge in [0.25, 0.3) is 5.56 Å². The van der Waals surface area contributed by atoms with Crippen LogP contribution in [0.25, 0.3) is 11.0 Å². The van der Waals surface area contributed by atoms with Crippen LogP contribution in [-0.2, 0) is 13.0 Å². The van der Waals surface area contributed by atoms with Crippen LogP contribution in [0, 0.1) is 13.8 Å². The molecule has 0 unspecified atom stereocenters. The Morgan fingerprint density at radius 1 is 1.21 bits per heavy atom. The smallest absolute Gasteiger partial charge is 0.263 e. The Morgan fingerprint density at radius 2 is 1.96 bits per heavy atom. The maximum atomic E-state index is 12.6. The molecule has 0 amide bonds. The zero-order valence-electron chi connectivity index (χ0n) is 14.4. The third kappa shape index (κ3) is 3.35. The average Bonchev–Trinajstić information content (AvgIpc) is 2.95. The van der Waals surface area contributed by atoms with Gasteiger partial charge in [0.05, 0.1) is 12.0 Å².